The number of hydrogen-bond acceptors (Lipinski definition) is 4. The minimum atomic E-state index is -3.91. The first-order valence-electron chi connectivity index (χ1n) is 10.5. The zero-order valence-corrected chi connectivity index (χ0v) is 20.6. The van der Waals surface area contributed by atoms with Crippen LogP contribution in [0.25, 0.3) is 0 Å². The second-order valence-electron chi connectivity index (χ2n) is 8.75. The van der Waals surface area contributed by atoms with Crippen molar-refractivity contribution in [2.75, 3.05) is 19.3 Å². The zero-order valence-electron chi connectivity index (χ0n) is 18.3. The summed E-state index contributed by atoms with van der Waals surface area (Å²) in [6, 6.07) is 17.2. The van der Waals surface area contributed by atoms with Gasteiger partial charge in [0.2, 0.25) is 0 Å². The molecule has 0 spiro atoms. The van der Waals surface area contributed by atoms with Gasteiger partial charge in [-0.1, -0.05) is 48.0 Å². The second kappa shape index (κ2) is 9.55. The molecule has 2 unspecified atom stereocenters. The molecule has 0 amide bonds. The lowest BCUT2D eigenvalue weighted by Gasteiger charge is -2.53. The molecule has 3 aromatic carbocycles. The molecule has 180 valence electrons. The molecule has 34 heavy (non-hydrogen) atoms. The van der Waals surface area contributed by atoms with Crippen molar-refractivity contribution in [3.63, 3.8) is 0 Å². The van der Waals surface area contributed by atoms with Gasteiger partial charge in [-0.15, -0.1) is 11.6 Å². The first-order chi connectivity index (χ1) is 16.0. The summed E-state index contributed by atoms with van der Waals surface area (Å²) in [5, 5.41) is 10.5. The number of aliphatic hydroxyl groups is 1. The molecule has 1 N–H and O–H groups in total. The fraction of sp³-hybridized carbons (Fsp3) is 0.280. The Kier molecular flexibility index (Phi) is 7.04. The third kappa shape index (κ3) is 5.14. The number of sulfone groups is 1. The number of alkyl halides is 1. The van der Waals surface area contributed by atoms with Crippen LogP contribution in [0, 0.1) is 11.6 Å². The van der Waals surface area contributed by atoms with Crippen LogP contribution in [0.15, 0.2) is 66.7 Å². The van der Waals surface area contributed by atoms with Gasteiger partial charge >= 0.3 is 0 Å². The van der Waals surface area contributed by atoms with E-state index in [2.05, 4.69) is 0 Å². The number of benzene rings is 3. The Morgan fingerprint density at radius 3 is 1.91 bits per heavy atom. The standard InChI is InChI=1S/C25H23Cl2F2NO3S/c1-34(32,33)24(19-10-21(28)12-22(29)11-19)25(31)14-30(15-25)23(18-6-8-20(27)9-7-18)17-4-2-16(13-26)3-5-17/h2-12,23-24,31H,13-15H2,1H3. The molecule has 9 heteroatoms. The fourth-order valence-corrected chi connectivity index (χ4v) is 6.62. The lowest BCUT2D eigenvalue weighted by Crippen LogP contribution is -2.66. The largest absolute Gasteiger partial charge is 0.385 e. The van der Waals surface area contributed by atoms with Crippen molar-refractivity contribution >= 4 is 33.0 Å². The molecule has 3 aromatic rings. The smallest absolute Gasteiger partial charge is 0.157 e. The van der Waals surface area contributed by atoms with Crippen LogP contribution in [0.4, 0.5) is 8.78 Å². The van der Waals surface area contributed by atoms with Gasteiger partial charge in [0.25, 0.3) is 0 Å². The summed E-state index contributed by atoms with van der Waals surface area (Å²) in [7, 11) is -3.91. The molecule has 0 radical (unpaired) electrons. The van der Waals surface area contributed by atoms with Crippen LogP contribution in [0.5, 0.6) is 0 Å². The molecule has 1 saturated heterocycles. The van der Waals surface area contributed by atoms with Gasteiger partial charge in [0.05, 0.1) is 6.04 Å². The Bertz CT molecular complexity index is 1260. The fourth-order valence-electron chi connectivity index (χ4n) is 4.74. The summed E-state index contributed by atoms with van der Waals surface area (Å²) < 4.78 is 53.1. The van der Waals surface area contributed by atoms with Crippen molar-refractivity contribution in [3.05, 3.63) is 106 Å². The third-order valence-corrected chi connectivity index (χ3v) is 8.19. The minimum Gasteiger partial charge on any atom is -0.385 e. The van der Waals surface area contributed by atoms with Crippen LogP contribution >= 0.6 is 23.2 Å². The molecule has 4 rings (SSSR count). The van der Waals surface area contributed by atoms with E-state index in [1.165, 1.54) is 0 Å². The SMILES string of the molecule is CS(=O)(=O)C(c1cc(F)cc(F)c1)C1(O)CN(C(c2ccc(Cl)cc2)c2ccc(CCl)cc2)C1. The topological polar surface area (TPSA) is 57.6 Å². The van der Waals surface area contributed by atoms with Crippen molar-refractivity contribution in [3.8, 4) is 0 Å². The van der Waals surface area contributed by atoms with Gasteiger partial charge in [-0.25, -0.2) is 17.2 Å². The monoisotopic (exact) mass is 525 g/mol. The Hall–Kier alpha value is -2.03. The summed E-state index contributed by atoms with van der Waals surface area (Å²) in [6.45, 7) is -0.0408. The average Bonchev–Trinajstić information content (AvgIpc) is 2.73. The van der Waals surface area contributed by atoms with Crippen LogP contribution in [-0.2, 0) is 15.7 Å². The number of β-amino-alcohol motifs (C(OH)–C–C–N with tert-alkyl or cyclic N) is 1. The number of likely N-dealkylation sites (tertiary alicyclic amines) is 1. The Balaban J connectivity index is 1.70. The summed E-state index contributed by atoms with van der Waals surface area (Å²) in [6.07, 6.45) is 0.961. The number of nitrogens with zero attached hydrogens (tertiary/aromatic N) is 1. The van der Waals surface area contributed by atoms with E-state index in [9.17, 15) is 22.3 Å². The minimum absolute atomic E-state index is 0.0204. The second-order valence-corrected chi connectivity index (χ2v) is 11.6. The van der Waals surface area contributed by atoms with E-state index in [-0.39, 0.29) is 24.7 Å². The molecular formula is C25H23Cl2F2NO3S. The Labute approximate surface area is 207 Å². The summed E-state index contributed by atoms with van der Waals surface area (Å²) in [5.41, 5.74) is 0.931. The molecule has 1 heterocycles. The zero-order chi connectivity index (χ0) is 24.7. The van der Waals surface area contributed by atoms with Crippen molar-refractivity contribution in [1.82, 2.24) is 4.90 Å². The van der Waals surface area contributed by atoms with Crippen molar-refractivity contribution in [2.24, 2.45) is 0 Å². The lowest BCUT2D eigenvalue weighted by atomic mass is 9.82. The molecule has 0 aliphatic carbocycles. The molecule has 0 bridgehead atoms. The normalized spacial score (nSPS) is 17.7. The lowest BCUT2D eigenvalue weighted by molar-refractivity contribution is -0.112. The molecule has 2 atom stereocenters. The third-order valence-electron chi connectivity index (χ3n) is 6.06. The van der Waals surface area contributed by atoms with Gasteiger partial charge in [0.1, 0.15) is 22.5 Å². The maximum atomic E-state index is 13.9. The van der Waals surface area contributed by atoms with Gasteiger partial charge in [-0.2, -0.15) is 0 Å². The van der Waals surface area contributed by atoms with Gasteiger partial charge in [0, 0.05) is 36.3 Å². The van der Waals surface area contributed by atoms with Crippen LogP contribution in [-0.4, -0.2) is 43.4 Å². The molecular weight excluding hydrogens is 503 g/mol. The van der Waals surface area contributed by atoms with Crippen LogP contribution < -0.4 is 0 Å². The first kappa shape index (κ1) is 25.1. The average molecular weight is 526 g/mol. The highest BCUT2D eigenvalue weighted by Crippen LogP contribution is 2.45. The van der Waals surface area contributed by atoms with E-state index in [1.54, 1.807) is 12.1 Å². The van der Waals surface area contributed by atoms with Gasteiger partial charge in [-0.05, 0) is 46.5 Å². The van der Waals surface area contributed by atoms with E-state index in [4.69, 9.17) is 23.2 Å². The molecule has 1 aliphatic rings. The van der Waals surface area contributed by atoms with E-state index in [1.807, 2.05) is 41.3 Å². The van der Waals surface area contributed by atoms with Gasteiger partial charge in [0.15, 0.2) is 9.84 Å². The predicted octanol–water partition coefficient (Wildman–Crippen LogP) is 5.28. The summed E-state index contributed by atoms with van der Waals surface area (Å²) in [4.78, 5) is 1.92. The highest BCUT2D eigenvalue weighted by atomic mass is 35.5. The molecule has 1 aliphatic heterocycles. The molecule has 0 saturated carbocycles. The maximum Gasteiger partial charge on any atom is 0.157 e. The van der Waals surface area contributed by atoms with E-state index >= 15 is 0 Å². The van der Waals surface area contributed by atoms with Crippen LogP contribution in [0.3, 0.4) is 0 Å². The van der Waals surface area contributed by atoms with Crippen molar-refractivity contribution in [1.29, 1.82) is 0 Å². The Morgan fingerprint density at radius 1 is 0.941 bits per heavy atom. The molecule has 0 aromatic heterocycles. The number of rotatable bonds is 7. The molecule has 4 nitrogen and oxygen atoms in total. The summed E-state index contributed by atoms with van der Waals surface area (Å²) in [5.74, 6) is -1.43. The van der Waals surface area contributed by atoms with Crippen molar-refractivity contribution < 1.29 is 22.3 Å². The number of halogens is 4. The summed E-state index contributed by atoms with van der Waals surface area (Å²) >= 11 is 12.0. The highest BCUT2D eigenvalue weighted by Gasteiger charge is 2.54. The van der Waals surface area contributed by atoms with Gasteiger partial charge < -0.3 is 5.11 Å². The number of hydrogen-bond donors (Lipinski definition) is 1. The van der Waals surface area contributed by atoms with E-state index < -0.39 is 32.3 Å². The quantitative estimate of drug-likeness (QED) is 0.426. The first-order valence-corrected chi connectivity index (χ1v) is 13.4. The molecule has 1 fully saturated rings. The maximum absolute atomic E-state index is 13.9. The van der Waals surface area contributed by atoms with Crippen LogP contribution in [0.2, 0.25) is 5.02 Å². The van der Waals surface area contributed by atoms with Crippen LogP contribution in [0.1, 0.15) is 33.5 Å². The van der Waals surface area contributed by atoms with Crippen molar-refractivity contribution in [2.45, 2.75) is 22.8 Å². The Morgan fingerprint density at radius 2 is 1.44 bits per heavy atom. The highest BCUT2D eigenvalue weighted by molar-refractivity contribution is 7.91. The van der Waals surface area contributed by atoms with E-state index in [0.29, 0.717) is 17.0 Å². The van der Waals surface area contributed by atoms with E-state index in [0.717, 1.165) is 35.1 Å². The van der Waals surface area contributed by atoms with Gasteiger partial charge in [-0.3, -0.25) is 4.90 Å². The predicted molar refractivity (Wildman–Crippen MR) is 130 cm³/mol.